The Bertz CT molecular complexity index is 1030. The van der Waals surface area contributed by atoms with Gasteiger partial charge in [-0.1, -0.05) is 23.4 Å². The molecule has 2 rings (SSSR count). The molecule has 1 N–H and O–H groups in total. The van der Waals surface area contributed by atoms with Crippen LogP contribution in [-0.2, 0) is 15.5 Å². The third-order valence-corrected chi connectivity index (χ3v) is 6.90. The molecule has 1 aromatic heterocycles. The summed E-state index contributed by atoms with van der Waals surface area (Å²) in [6.07, 6.45) is 1.53. The van der Waals surface area contributed by atoms with E-state index in [0.29, 0.717) is 9.92 Å². The Labute approximate surface area is 181 Å². The second-order valence-electron chi connectivity index (χ2n) is 6.84. The van der Waals surface area contributed by atoms with Gasteiger partial charge in [-0.15, -0.1) is 0 Å². The minimum atomic E-state index is -1.65. The Morgan fingerprint density at radius 3 is 2.66 bits per heavy atom. The Hall–Kier alpha value is -2.21. The molecule has 0 fully saturated rings. The lowest BCUT2D eigenvalue weighted by Crippen LogP contribution is -2.28. The van der Waals surface area contributed by atoms with Gasteiger partial charge in [0.25, 0.3) is 0 Å². The summed E-state index contributed by atoms with van der Waals surface area (Å²) in [7, 11) is -1.65. The Morgan fingerprint density at radius 1 is 1.38 bits per heavy atom. The number of benzene rings is 1. The van der Waals surface area contributed by atoms with Crippen molar-refractivity contribution in [1.29, 1.82) is 10.7 Å². The summed E-state index contributed by atoms with van der Waals surface area (Å²) >= 11 is 7.48. The van der Waals surface area contributed by atoms with Crippen LogP contribution in [0.25, 0.3) is 0 Å². The summed E-state index contributed by atoms with van der Waals surface area (Å²) in [4.78, 5) is 16.9. The van der Waals surface area contributed by atoms with Crippen LogP contribution < -0.4 is 0 Å². The van der Waals surface area contributed by atoms with Crippen LogP contribution in [0.5, 0.6) is 0 Å². The van der Waals surface area contributed by atoms with Crippen LogP contribution in [-0.4, -0.2) is 31.6 Å². The molecular weight excluding hydrogens is 430 g/mol. The van der Waals surface area contributed by atoms with Crippen LogP contribution in [0, 0.1) is 16.7 Å². The minimum absolute atomic E-state index is 0.146. The number of esters is 1. The molecule has 9 heteroatoms. The normalized spacial score (nSPS) is 12.1. The van der Waals surface area contributed by atoms with Crippen LogP contribution in [0.2, 0.25) is 5.02 Å². The number of aromatic nitrogens is 1. The summed E-state index contributed by atoms with van der Waals surface area (Å²) in [5.41, 5.74) is 0.776. The van der Waals surface area contributed by atoms with Gasteiger partial charge < -0.3 is 4.74 Å². The van der Waals surface area contributed by atoms with Crippen molar-refractivity contribution < 1.29 is 13.7 Å². The highest BCUT2D eigenvalue weighted by Gasteiger charge is 2.28. The minimum Gasteiger partial charge on any atom is -0.462 e. The summed E-state index contributed by atoms with van der Waals surface area (Å²) in [5, 5.41) is 18.2. The van der Waals surface area contributed by atoms with E-state index in [-0.39, 0.29) is 33.4 Å². The fourth-order valence-corrected chi connectivity index (χ4v) is 4.64. The largest absolute Gasteiger partial charge is 0.462 e. The number of rotatable bonds is 5. The molecule has 1 unspecified atom stereocenters. The molecular formula is C20H20ClN3O3S2. The summed E-state index contributed by atoms with van der Waals surface area (Å²) < 4.78 is 17.2. The number of hydrogen-bond donors (Lipinski definition) is 1. The van der Waals surface area contributed by atoms with Gasteiger partial charge >= 0.3 is 5.97 Å². The van der Waals surface area contributed by atoms with Crippen molar-refractivity contribution in [2.24, 2.45) is 0 Å². The number of nitrogens with zero attached hydrogens (tertiary/aromatic N) is 2. The highest BCUT2D eigenvalue weighted by molar-refractivity contribution is 8.02. The first-order chi connectivity index (χ1) is 13.6. The molecule has 0 aliphatic heterocycles. The van der Waals surface area contributed by atoms with Crippen LogP contribution in [0.15, 0.2) is 40.4 Å². The Kier molecular flexibility index (Phi) is 7.58. The molecule has 0 saturated heterocycles. The molecule has 0 saturated carbocycles. The molecule has 0 radical (unpaired) electrons. The van der Waals surface area contributed by atoms with Crippen molar-refractivity contribution in [1.82, 2.24) is 4.98 Å². The smallest absolute Gasteiger partial charge is 0.340 e. The number of halogens is 1. The lowest BCUT2D eigenvalue weighted by molar-refractivity contribution is 0.0521. The monoisotopic (exact) mass is 449 g/mol. The van der Waals surface area contributed by atoms with Crippen molar-refractivity contribution in [2.45, 2.75) is 42.4 Å². The lowest BCUT2D eigenvalue weighted by atomic mass is 10.1. The fourth-order valence-electron chi connectivity index (χ4n) is 2.27. The van der Waals surface area contributed by atoms with Gasteiger partial charge in [0.15, 0.2) is 0 Å². The van der Waals surface area contributed by atoms with Crippen molar-refractivity contribution >= 4 is 45.2 Å². The number of pyridine rings is 1. The highest BCUT2D eigenvalue weighted by atomic mass is 35.5. The number of carbonyl (C=O) groups excluding carboxylic acids is 1. The summed E-state index contributed by atoms with van der Waals surface area (Å²) in [6, 6.07) is 8.15. The average Bonchev–Trinajstić information content (AvgIpc) is 2.67. The van der Waals surface area contributed by atoms with Gasteiger partial charge in [-0.3, -0.25) is 9.62 Å². The van der Waals surface area contributed by atoms with Gasteiger partial charge in [-0.2, -0.15) is 5.26 Å². The van der Waals surface area contributed by atoms with E-state index in [2.05, 4.69) is 4.98 Å². The molecule has 0 aliphatic carbocycles. The van der Waals surface area contributed by atoms with Gasteiger partial charge in [0.2, 0.25) is 0 Å². The maximum absolute atomic E-state index is 12.8. The van der Waals surface area contributed by atoms with E-state index in [9.17, 15) is 14.3 Å². The second-order valence-corrected chi connectivity index (χ2v) is 10.4. The quantitative estimate of drug-likeness (QED) is 0.399. The van der Waals surface area contributed by atoms with E-state index < -0.39 is 21.5 Å². The molecule has 0 amide bonds. The van der Waals surface area contributed by atoms with E-state index in [1.165, 1.54) is 18.3 Å². The molecule has 2 aromatic rings. The standard InChI is InChI=1S/C20H20ClN3O3S2/c1-5-27-19(25)13-7-6-8-24-18(13)28-16-14(9-12(11-22)10-15(16)21)17(23)29(26)20(2,3)4/h6-10,23H,5H2,1-4H3. The average molecular weight is 450 g/mol. The van der Waals surface area contributed by atoms with E-state index in [1.54, 1.807) is 39.8 Å². The number of hydrogen-bond acceptors (Lipinski definition) is 7. The van der Waals surface area contributed by atoms with Gasteiger partial charge in [0.1, 0.15) is 10.1 Å². The predicted octanol–water partition coefficient (Wildman–Crippen LogP) is 4.81. The first kappa shape index (κ1) is 23.1. The second kappa shape index (κ2) is 9.53. The van der Waals surface area contributed by atoms with Gasteiger partial charge in [-0.05, 0) is 52.0 Å². The molecule has 1 heterocycles. The molecule has 6 nitrogen and oxygen atoms in total. The molecule has 0 bridgehead atoms. The number of nitrogens with one attached hydrogen (secondary N) is 1. The van der Waals surface area contributed by atoms with Crippen molar-refractivity contribution in [2.75, 3.05) is 6.61 Å². The van der Waals surface area contributed by atoms with Crippen LogP contribution >= 0.6 is 23.4 Å². The SMILES string of the molecule is CCOC(=O)c1cccnc1Sc1c(Cl)cc(C#N)cc1C(=N)S(=O)C(C)(C)C. The van der Waals surface area contributed by atoms with Crippen LogP contribution in [0.1, 0.15) is 49.2 Å². The van der Waals surface area contributed by atoms with E-state index in [4.69, 9.17) is 21.7 Å². The zero-order valence-corrected chi connectivity index (χ0v) is 18.8. The predicted molar refractivity (Wildman–Crippen MR) is 115 cm³/mol. The van der Waals surface area contributed by atoms with E-state index in [0.717, 1.165) is 11.8 Å². The number of nitriles is 1. The molecule has 0 aliphatic rings. The molecule has 0 spiro atoms. The van der Waals surface area contributed by atoms with Crippen molar-refractivity contribution in [3.8, 4) is 6.07 Å². The highest BCUT2D eigenvalue weighted by Crippen LogP contribution is 2.38. The van der Waals surface area contributed by atoms with Gasteiger partial charge in [-0.25, -0.2) is 9.78 Å². The first-order valence-corrected chi connectivity index (χ1v) is 11.0. The van der Waals surface area contributed by atoms with Crippen molar-refractivity contribution in [3.63, 3.8) is 0 Å². The third kappa shape index (κ3) is 5.44. The maximum atomic E-state index is 12.8. The lowest BCUT2D eigenvalue weighted by Gasteiger charge is -2.20. The molecule has 1 aromatic carbocycles. The molecule has 1 atom stereocenters. The first-order valence-electron chi connectivity index (χ1n) is 8.64. The Morgan fingerprint density at radius 2 is 2.07 bits per heavy atom. The van der Waals surface area contributed by atoms with Crippen LogP contribution in [0.4, 0.5) is 0 Å². The summed E-state index contributed by atoms with van der Waals surface area (Å²) in [6.45, 7) is 7.21. The third-order valence-electron chi connectivity index (χ3n) is 3.62. The topological polar surface area (TPSA) is 104 Å². The zero-order valence-electron chi connectivity index (χ0n) is 16.4. The maximum Gasteiger partial charge on any atom is 0.340 e. The Balaban J connectivity index is 2.61. The molecule has 29 heavy (non-hydrogen) atoms. The number of ether oxygens (including phenoxy) is 1. The zero-order chi connectivity index (χ0) is 21.8. The van der Waals surface area contributed by atoms with Gasteiger partial charge in [0.05, 0.1) is 39.6 Å². The summed E-state index contributed by atoms with van der Waals surface area (Å²) in [5.74, 6) is -0.525. The van der Waals surface area contributed by atoms with E-state index in [1.807, 2.05) is 6.07 Å². The van der Waals surface area contributed by atoms with Gasteiger partial charge in [0, 0.05) is 21.4 Å². The van der Waals surface area contributed by atoms with Crippen molar-refractivity contribution in [3.05, 3.63) is 52.2 Å². The van der Waals surface area contributed by atoms with Crippen LogP contribution in [0.3, 0.4) is 0 Å². The number of carbonyl (C=O) groups is 1. The molecule has 152 valence electrons. The van der Waals surface area contributed by atoms with E-state index >= 15 is 0 Å². The fraction of sp³-hybridized carbons (Fsp3) is 0.300.